The molecule has 1 aliphatic heterocycles. The van der Waals surface area contributed by atoms with Gasteiger partial charge in [0.2, 0.25) is 5.82 Å². The average molecular weight is 420 g/mol. The topological polar surface area (TPSA) is 99.3 Å². The van der Waals surface area contributed by atoms with Gasteiger partial charge < -0.3 is 15.1 Å². The van der Waals surface area contributed by atoms with Crippen LogP contribution in [0.5, 0.6) is 0 Å². The van der Waals surface area contributed by atoms with Crippen molar-refractivity contribution in [3.63, 3.8) is 0 Å². The molecule has 1 aromatic carbocycles. The van der Waals surface area contributed by atoms with E-state index < -0.39 is 11.7 Å². The molecule has 0 fully saturated rings. The Morgan fingerprint density at radius 2 is 2.00 bits per heavy atom. The number of pyridine rings is 1. The maximum atomic E-state index is 13.2. The highest BCUT2D eigenvalue weighted by Crippen LogP contribution is 2.37. The number of anilines is 2. The number of hydrazine groups is 2. The Kier molecular flexibility index (Phi) is 4.86. The Morgan fingerprint density at radius 1 is 1.20 bits per heavy atom. The van der Waals surface area contributed by atoms with Gasteiger partial charge in [-0.05, 0) is 24.3 Å². The van der Waals surface area contributed by atoms with E-state index in [2.05, 4.69) is 26.1 Å². The van der Waals surface area contributed by atoms with E-state index in [-0.39, 0.29) is 29.3 Å². The number of hydrogen-bond acceptors (Lipinski definition) is 8. The zero-order valence-electron chi connectivity index (χ0n) is 16.2. The second-order valence-corrected chi connectivity index (χ2v) is 7.72. The standard InChI is InChI=1S/C19H19F3N6O2/c1-18(2,10-29)9-28-15-4-3-11(7-14(15)25-27-28)16-24-17(30-26-16)12-8-23-6-5-13(12)19(20,21)22/h3-8,25,27,29H,9-10H2,1-2H3. The number of alkyl halides is 3. The van der Waals surface area contributed by atoms with Crippen LogP contribution in [-0.4, -0.2) is 33.4 Å². The van der Waals surface area contributed by atoms with E-state index in [9.17, 15) is 18.3 Å². The van der Waals surface area contributed by atoms with Gasteiger partial charge in [0.05, 0.1) is 22.5 Å². The lowest BCUT2D eigenvalue weighted by Gasteiger charge is -2.28. The summed E-state index contributed by atoms with van der Waals surface area (Å²) >= 11 is 0. The van der Waals surface area contributed by atoms with Gasteiger partial charge in [0.25, 0.3) is 5.89 Å². The molecule has 1 aliphatic rings. The van der Waals surface area contributed by atoms with Crippen molar-refractivity contribution in [3.8, 4) is 22.8 Å². The van der Waals surface area contributed by atoms with E-state index in [1.807, 2.05) is 24.9 Å². The van der Waals surface area contributed by atoms with Crippen molar-refractivity contribution in [2.45, 2.75) is 20.0 Å². The number of fused-ring (bicyclic) bond motifs is 1. The van der Waals surface area contributed by atoms with Crippen LogP contribution in [0.25, 0.3) is 22.8 Å². The van der Waals surface area contributed by atoms with Gasteiger partial charge in [0.1, 0.15) is 0 Å². The SMILES string of the molecule is CC(C)(CO)CN1NNc2cc(-c3noc(-c4cnccc4C(F)(F)F)n3)ccc21. The third kappa shape index (κ3) is 3.81. The number of aliphatic hydroxyl groups is 1. The molecule has 0 radical (unpaired) electrons. The minimum Gasteiger partial charge on any atom is -0.396 e. The summed E-state index contributed by atoms with van der Waals surface area (Å²) in [6.07, 6.45) is -2.45. The second kappa shape index (κ2) is 7.26. The molecular weight excluding hydrogens is 401 g/mol. The smallest absolute Gasteiger partial charge is 0.396 e. The predicted octanol–water partition coefficient (Wildman–Crippen LogP) is 3.49. The molecule has 8 nitrogen and oxygen atoms in total. The summed E-state index contributed by atoms with van der Waals surface area (Å²) in [6, 6.07) is 6.20. The number of nitrogens with zero attached hydrogens (tertiary/aromatic N) is 4. The molecule has 0 saturated carbocycles. The fourth-order valence-corrected chi connectivity index (χ4v) is 3.06. The van der Waals surface area contributed by atoms with Gasteiger partial charge in [0, 0.05) is 36.5 Å². The molecule has 0 spiro atoms. The van der Waals surface area contributed by atoms with Gasteiger partial charge >= 0.3 is 6.18 Å². The fourth-order valence-electron chi connectivity index (χ4n) is 3.06. The largest absolute Gasteiger partial charge is 0.417 e. The Bertz CT molecular complexity index is 1070. The van der Waals surface area contributed by atoms with Crippen molar-refractivity contribution >= 4 is 11.4 Å². The second-order valence-electron chi connectivity index (χ2n) is 7.72. The molecule has 2 aromatic heterocycles. The Labute approximate surface area is 169 Å². The van der Waals surface area contributed by atoms with E-state index in [0.29, 0.717) is 12.1 Å². The van der Waals surface area contributed by atoms with Gasteiger partial charge in [-0.1, -0.05) is 19.0 Å². The number of aliphatic hydroxyl groups excluding tert-OH is 1. The summed E-state index contributed by atoms with van der Waals surface area (Å²) in [6.45, 7) is 4.46. The van der Waals surface area contributed by atoms with E-state index in [0.717, 1.165) is 29.8 Å². The van der Waals surface area contributed by atoms with Crippen LogP contribution in [0.4, 0.5) is 24.5 Å². The lowest BCUT2D eigenvalue weighted by molar-refractivity contribution is -0.137. The molecule has 0 amide bonds. The predicted molar refractivity (Wildman–Crippen MR) is 103 cm³/mol. The minimum absolute atomic E-state index is 0.0263. The molecule has 3 aromatic rings. The number of rotatable bonds is 5. The van der Waals surface area contributed by atoms with Crippen LogP contribution in [0.1, 0.15) is 19.4 Å². The van der Waals surface area contributed by atoms with Gasteiger partial charge in [-0.3, -0.25) is 9.99 Å². The van der Waals surface area contributed by atoms with Gasteiger partial charge in [-0.15, -0.1) is 5.53 Å². The quantitative estimate of drug-likeness (QED) is 0.577. The van der Waals surface area contributed by atoms with E-state index in [1.165, 1.54) is 0 Å². The molecule has 0 bridgehead atoms. The first-order valence-corrected chi connectivity index (χ1v) is 9.08. The van der Waals surface area contributed by atoms with Crippen LogP contribution in [0, 0.1) is 5.41 Å². The number of nitrogens with one attached hydrogen (secondary N) is 2. The first-order valence-electron chi connectivity index (χ1n) is 9.08. The van der Waals surface area contributed by atoms with Gasteiger partial charge in [-0.2, -0.15) is 18.2 Å². The highest BCUT2D eigenvalue weighted by atomic mass is 19.4. The Morgan fingerprint density at radius 3 is 2.73 bits per heavy atom. The summed E-state index contributed by atoms with van der Waals surface area (Å²) in [5.74, 6) is -0.107. The Balaban J connectivity index is 1.62. The fraction of sp³-hybridized carbons (Fsp3) is 0.316. The molecule has 3 N–H and O–H groups in total. The van der Waals surface area contributed by atoms with Crippen molar-refractivity contribution in [1.29, 1.82) is 0 Å². The van der Waals surface area contributed by atoms with Crippen LogP contribution in [0.2, 0.25) is 0 Å². The van der Waals surface area contributed by atoms with Gasteiger partial charge in [0.15, 0.2) is 0 Å². The van der Waals surface area contributed by atoms with Crippen LogP contribution in [0.3, 0.4) is 0 Å². The maximum absolute atomic E-state index is 13.2. The van der Waals surface area contributed by atoms with Crippen molar-refractivity contribution in [2.75, 3.05) is 23.6 Å². The molecule has 0 atom stereocenters. The normalized spacial score (nSPS) is 14.0. The molecule has 0 aliphatic carbocycles. The number of benzene rings is 1. The minimum atomic E-state index is -4.57. The lowest BCUT2D eigenvalue weighted by atomic mass is 9.94. The average Bonchev–Trinajstić information content (AvgIpc) is 3.34. The Hall–Kier alpha value is -3.18. The molecule has 4 rings (SSSR count). The summed E-state index contributed by atoms with van der Waals surface area (Å²) in [5, 5.41) is 15.2. The summed E-state index contributed by atoms with van der Waals surface area (Å²) in [7, 11) is 0. The number of halogens is 3. The molecular formula is C19H19F3N6O2. The maximum Gasteiger partial charge on any atom is 0.417 e. The molecule has 30 heavy (non-hydrogen) atoms. The molecule has 11 heteroatoms. The highest BCUT2D eigenvalue weighted by Gasteiger charge is 2.35. The zero-order valence-corrected chi connectivity index (χ0v) is 16.2. The van der Waals surface area contributed by atoms with Crippen LogP contribution in [-0.2, 0) is 6.18 Å². The van der Waals surface area contributed by atoms with Crippen molar-refractivity contribution in [3.05, 3.63) is 42.2 Å². The van der Waals surface area contributed by atoms with Crippen molar-refractivity contribution in [2.24, 2.45) is 5.41 Å². The van der Waals surface area contributed by atoms with Crippen molar-refractivity contribution in [1.82, 2.24) is 20.7 Å². The monoisotopic (exact) mass is 420 g/mol. The van der Waals surface area contributed by atoms with Crippen LogP contribution in [0.15, 0.2) is 41.2 Å². The van der Waals surface area contributed by atoms with Gasteiger partial charge in [-0.25, -0.2) is 0 Å². The summed E-state index contributed by atoms with van der Waals surface area (Å²) < 4.78 is 44.8. The zero-order chi connectivity index (χ0) is 21.5. The number of hydrogen-bond donors (Lipinski definition) is 3. The molecule has 0 saturated heterocycles. The lowest BCUT2D eigenvalue weighted by Crippen LogP contribution is -2.43. The van der Waals surface area contributed by atoms with Crippen LogP contribution >= 0.6 is 0 Å². The first kappa shape index (κ1) is 20.1. The third-order valence-corrected chi connectivity index (χ3v) is 4.67. The summed E-state index contributed by atoms with van der Waals surface area (Å²) in [4.78, 5) is 7.87. The summed E-state index contributed by atoms with van der Waals surface area (Å²) in [5.41, 5.74) is 6.72. The van der Waals surface area contributed by atoms with Crippen LogP contribution < -0.4 is 16.0 Å². The van der Waals surface area contributed by atoms with E-state index in [1.54, 1.807) is 12.1 Å². The number of aromatic nitrogens is 3. The third-order valence-electron chi connectivity index (χ3n) is 4.67. The molecule has 158 valence electrons. The highest BCUT2D eigenvalue weighted by molar-refractivity contribution is 5.78. The van der Waals surface area contributed by atoms with E-state index >= 15 is 0 Å². The molecule has 0 unspecified atom stereocenters. The molecule has 3 heterocycles. The van der Waals surface area contributed by atoms with E-state index in [4.69, 9.17) is 4.52 Å². The van der Waals surface area contributed by atoms with Crippen molar-refractivity contribution < 1.29 is 22.8 Å². The first-order chi connectivity index (χ1) is 14.2.